The van der Waals surface area contributed by atoms with Crippen molar-refractivity contribution in [3.63, 3.8) is 0 Å². The van der Waals surface area contributed by atoms with Gasteiger partial charge in [-0.15, -0.1) is 0 Å². The number of nitrogens with one attached hydrogen (secondary N) is 1. The topological polar surface area (TPSA) is 49.4 Å². The molecule has 0 saturated carbocycles. The average Bonchev–Trinajstić information content (AvgIpc) is 2.62. The molecule has 3 rings (SSSR count). The van der Waals surface area contributed by atoms with E-state index in [0.717, 1.165) is 16.7 Å². The predicted octanol–water partition coefficient (Wildman–Crippen LogP) is 3.77. The van der Waals surface area contributed by atoms with Crippen LogP contribution in [0.4, 0.5) is 18.9 Å². The molecule has 140 valence electrons. The van der Waals surface area contributed by atoms with E-state index in [0.29, 0.717) is 12.2 Å². The molecular formula is C20H17F3N2O2. The first-order valence-electron chi connectivity index (χ1n) is 8.36. The highest BCUT2D eigenvalue weighted by Crippen LogP contribution is 2.29. The van der Waals surface area contributed by atoms with Gasteiger partial charge in [0.25, 0.3) is 0 Å². The standard InChI is InChI=1S/C20H17F3N2O2/c21-20(22,23)19(27)24-12-11-18(26)25-13-16-7-2-1-5-14(16)9-10-15-6-3-4-8-17(15)25/h1-10H,11-13H2,(H,24,27)/b10-9-. The van der Waals surface area contributed by atoms with Gasteiger partial charge in [-0.1, -0.05) is 54.6 Å². The Bertz CT molecular complexity index is 891. The van der Waals surface area contributed by atoms with Gasteiger partial charge in [-0.3, -0.25) is 9.59 Å². The molecule has 27 heavy (non-hydrogen) atoms. The van der Waals surface area contributed by atoms with Crippen LogP contribution in [0.1, 0.15) is 23.1 Å². The Morgan fingerprint density at radius 3 is 2.33 bits per heavy atom. The first-order chi connectivity index (χ1) is 12.9. The minimum Gasteiger partial charge on any atom is -0.348 e. The zero-order chi connectivity index (χ0) is 19.4. The lowest BCUT2D eigenvalue weighted by Crippen LogP contribution is -2.40. The molecule has 1 N–H and O–H groups in total. The molecule has 1 aliphatic heterocycles. The molecule has 0 atom stereocenters. The van der Waals surface area contributed by atoms with Crippen molar-refractivity contribution < 1.29 is 22.8 Å². The van der Waals surface area contributed by atoms with Crippen molar-refractivity contribution >= 4 is 29.7 Å². The van der Waals surface area contributed by atoms with E-state index in [1.807, 2.05) is 48.6 Å². The molecule has 0 fully saturated rings. The van der Waals surface area contributed by atoms with Crippen molar-refractivity contribution in [2.45, 2.75) is 19.1 Å². The summed E-state index contributed by atoms with van der Waals surface area (Å²) in [5.74, 6) is -2.41. The molecule has 0 aliphatic carbocycles. The third-order valence-corrected chi connectivity index (χ3v) is 4.24. The van der Waals surface area contributed by atoms with Crippen LogP contribution >= 0.6 is 0 Å². The van der Waals surface area contributed by atoms with Crippen LogP contribution in [0, 0.1) is 0 Å². The quantitative estimate of drug-likeness (QED) is 0.889. The van der Waals surface area contributed by atoms with Crippen LogP contribution in [0.5, 0.6) is 0 Å². The van der Waals surface area contributed by atoms with Gasteiger partial charge in [0.2, 0.25) is 5.91 Å². The monoisotopic (exact) mass is 374 g/mol. The first-order valence-corrected chi connectivity index (χ1v) is 8.36. The van der Waals surface area contributed by atoms with Crippen molar-refractivity contribution in [2.75, 3.05) is 11.4 Å². The minimum atomic E-state index is -4.96. The number of nitrogens with zero attached hydrogens (tertiary/aromatic N) is 1. The fourth-order valence-corrected chi connectivity index (χ4v) is 2.89. The second-order valence-electron chi connectivity index (χ2n) is 6.07. The number of rotatable bonds is 3. The van der Waals surface area contributed by atoms with Crippen LogP contribution in [-0.2, 0) is 16.1 Å². The molecule has 0 bridgehead atoms. The van der Waals surface area contributed by atoms with Crippen LogP contribution in [0.3, 0.4) is 0 Å². The lowest BCUT2D eigenvalue weighted by atomic mass is 10.0. The van der Waals surface area contributed by atoms with Gasteiger partial charge in [0, 0.05) is 13.0 Å². The van der Waals surface area contributed by atoms with E-state index in [2.05, 4.69) is 0 Å². The highest BCUT2D eigenvalue weighted by Gasteiger charge is 2.38. The van der Waals surface area contributed by atoms with Crippen LogP contribution < -0.4 is 10.2 Å². The Morgan fingerprint density at radius 2 is 1.59 bits per heavy atom. The van der Waals surface area contributed by atoms with Crippen LogP contribution in [0.15, 0.2) is 48.5 Å². The van der Waals surface area contributed by atoms with Gasteiger partial charge in [0.05, 0.1) is 12.2 Å². The van der Waals surface area contributed by atoms with Crippen molar-refractivity contribution in [3.05, 3.63) is 65.2 Å². The molecule has 0 radical (unpaired) electrons. The fourth-order valence-electron chi connectivity index (χ4n) is 2.89. The predicted molar refractivity (Wildman–Crippen MR) is 96.7 cm³/mol. The Morgan fingerprint density at radius 1 is 0.963 bits per heavy atom. The summed E-state index contributed by atoms with van der Waals surface area (Å²) in [4.78, 5) is 25.2. The summed E-state index contributed by atoms with van der Waals surface area (Å²) in [6.45, 7) is -0.0864. The molecule has 7 heteroatoms. The van der Waals surface area contributed by atoms with E-state index in [1.54, 1.807) is 17.4 Å². The zero-order valence-electron chi connectivity index (χ0n) is 14.3. The number of hydrogen-bond donors (Lipinski definition) is 1. The van der Waals surface area contributed by atoms with Crippen LogP contribution in [0.25, 0.3) is 12.2 Å². The highest BCUT2D eigenvalue weighted by molar-refractivity contribution is 5.97. The molecule has 0 unspecified atom stereocenters. The van der Waals surface area contributed by atoms with Crippen LogP contribution in [-0.4, -0.2) is 24.5 Å². The summed E-state index contributed by atoms with van der Waals surface area (Å²) in [6.07, 6.45) is -1.32. The lowest BCUT2D eigenvalue weighted by Gasteiger charge is -2.27. The number of carbonyl (C=O) groups is 2. The van der Waals surface area contributed by atoms with Gasteiger partial charge in [0.1, 0.15) is 0 Å². The summed E-state index contributed by atoms with van der Waals surface area (Å²) >= 11 is 0. The lowest BCUT2D eigenvalue weighted by molar-refractivity contribution is -0.173. The molecule has 1 heterocycles. The van der Waals surface area contributed by atoms with E-state index in [-0.39, 0.29) is 18.9 Å². The molecule has 0 saturated heterocycles. The molecule has 2 amide bonds. The molecule has 4 nitrogen and oxygen atoms in total. The van der Waals surface area contributed by atoms with Crippen molar-refractivity contribution in [3.8, 4) is 0 Å². The van der Waals surface area contributed by atoms with E-state index in [4.69, 9.17) is 0 Å². The maximum absolute atomic E-state index is 12.7. The van der Waals surface area contributed by atoms with Gasteiger partial charge in [0.15, 0.2) is 0 Å². The number of fused-ring (bicyclic) bond motifs is 2. The second kappa shape index (κ2) is 7.65. The number of amides is 2. The minimum absolute atomic E-state index is 0.234. The zero-order valence-corrected chi connectivity index (χ0v) is 14.3. The smallest absolute Gasteiger partial charge is 0.348 e. The molecular weight excluding hydrogens is 357 g/mol. The summed E-state index contributed by atoms with van der Waals surface area (Å²) in [6, 6.07) is 14.9. The molecule has 1 aliphatic rings. The molecule has 0 aromatic heterocycles. The van der Waals surface area contributed by atoms with Crippen molar-refractivity contribution in [1.29, 1.82) is 0 Å². The summed E-state index contributed by atoms with van der Waals surface area (Å²) in [7, 11) is 0. The largest absolute Gasteiger partial charge is 0.471 e. The van der Waals surface area contributed by atoms with Gasteiger partial charge in [-0.2, -0.15) is 13.2 Å². The Kier molecular flexibility index (Phi) is 5.30. The van der Waals surface area contributed by atoms with Gasteiger partial charge >= 0.3 is 12.1 Å². The first kappa shape index (κ1) is 18.7. The Hall–Kier alpha value is -3.09. The van der Waals surface area contributed by atoms with Gasteiger partial charge < -0.3 is 10.2 Å². The normalized spacial score (nSPS) is 14.4. The van der Waals surface area contributed by atoms with E-state index in [1.165, 1.54) is 4.90 Å². The maximum atomic E-state index is 12.7. The van der Waals surface area contributed by atoms with Crippen LogP contribution in [0.2, 0.25) is 0 Å². The number of anilines is 1. The number of hydrogen-bond acceptors (Lipinski definition) is 2. The van der Waals surface area contributed by atoms with Gasteiger partial charge in [-0.25, -0.2) is 0 Å². The summed E-state index contributed by atoms with van der Waals surface area (Å²) < 4.78 is 36.8. The number of carbonyl (C=O) groups excluding carboxylic acids is 2. The summed E-state index contributed by atoms with van der Waals surface area (Å²) in [5.41, 5.74) is 3.40. The molecule has 2 aromatic rings. The number of halogens is 3. The van der Waals surface area contributed by atoms with Crippen molar-refractivity contribution in [1.82, 2.24) is 5.32 Å². The summed E-state index contributed by atoms with van der Waals surface area (Å²) in [5, 5.41) is 1.74. The van der Waals surface area contributed by atoms with E-state index >= 15 is 0 Å². The Balaban J connectivity index is 1.82. The number of para-hydroxylation sites is 1. The Labute approximate surface area is 154 Å². The average molecular weight is 374 g/mol. The number of alkyl halides is 3. The van der Waals surface area contributed by atoms with Gasteiger partial charge in [-0.05, 0) is 22.8 Å². The van der Waals surface area contributed by atoms with E-state index < -0.39 is 12.1 Å². The second-order valence-corrected chi connectivity index (χ2v) is 6.07. The number of benzene rings is 2. The van der Waals surface area contributed by atoms with Crippen molar-refractivity contribution in [2.24, 2.45) is 0 Å². The fraction of sp³-hybridized carbons (Fsp3) is 0.200. The van der Waals surface area contributed by atoms with E-state index in [9.17, 15) is 22.8 Å². The third kappa shape index (κ3) is 4.36. The highest BCUT2D eigenvalue weighted by atomic mass is 19.4. The molecule has 2 aromatic carbocycles. The maximum Gasteiger partial charge on any atom is 0.471 e. The third-order valence-electron chi connectivity index (χ3n) is 4.24. The molecule has 0 spiro atoms. The SMILES string of the molecule is O=C(CCNC(=O)C(F)(F)F)N1Cc2ccccc2/C=C\c2ccccc21.